The standard InChI is InChI=1S/C21H24N2O2/c1-15-10-12-16(13-11-15)14-22-21(25)18-8-4-5-9-19(18)23-20(24)17-6-2-3-7-17/h4-5,8-13,17H,2-3,6-7,14H2,1H3,(H,22,25)(H,23,24). The van der Waals surface area contributed by atoms with Gasteiger partial charge in [0.1, 0.15) is 0 Å². The van der Waals surface area contributed by atoms with Crippen molar-refractivity contribution >= 4 is 17.5 Å². The largest absolute Gasteiger partial charge is 0.348 e. The smallest absolute Gasteiger partial charge is 0.253 e. The van der Waals surface area contributed by atoms with Crippen LogP contribution in [0.15, 0.2) is 48.5 Å². The van der Waals surface area contributed by atoms with E-state index in [-0.39, 0.29) is 17.7 Å². The molecule has 4 nitrogen and oxygen atoms in total. The molecule has 0 radical (unpaired) electrons. The Morgan fingerprint density at radius 1 is 1.00 bits per heavy atom. The number of aryl methyl sites for hydroxylation is 1. The van der Waals surface area contributed by atoms with Crippen LogP contribution in [0.2, 0.25) is 0 Å². The lowest BCUT2D eigenvalue weighted by molar-refractivity contribution is -0.119. The van der Waals surface area contributed by atoms with Crippen molar-refractivity contribution in [1.82, 2.24) is 5.32 Å². The molecule has 0 spiro atoms. The van der Waals surface area contributed by atoms with Gasteiger partial charge in [0, 0.05) is 12.5 Å². The summed E-state index contributed by atoms with van der Waals surface area (Å²) in [6.45, 7) is 2.50. The zero-order valence-corrected chi connectivity index (χ0v) is 14.5. The minimum Gasteiger partial charge on any atom is -0.348 e. The number of nitrogens with one attached hydrogen (secondary N) is 2. The zero-order valence-electron chi connectivity index (χ0n) is 14.5. The van der Waals surface area contributed by atoms with E-state index in [4.69, 9.17) is 0 Å². The number of anilines is 1. The molecule has 0 bridgehead atoms. The van der Waals surface area contributed by atoms with E-state index in [0.29, 0.717) is 17.8 Å². The SMILES string of the molecule is Cc1ccc(CNC(=O)c2ccccc2NC(=O)C2CCCC2)cc1. The number of carbonyl (C=O) groups is 2. The van der Waals surface area contributed by atoms with Crippen LogP contribution < -0.4 is 10.6 Å². The number of rotatable bonds is 5. The van der Waals surface area contributed by atoms with Gasteiger partial charge < -0.3 is 10.6 Å². The summed E-state index contributed by atoms with van der Waals surface area (Å²) in [6.07, 6.45) is 4.09. The third-order valence-electron chi connectivity index (χ3n) is 4.73. The molecule has 2 amide bonds. The Balaban J connectivity index is 1.65. The zero-order chi connectivity index (χ0) is 17.6. The molecule has 1 aliphatic carbocycles. The van der Waals surface area contributed by atoms with Crippen molar-refractivity contribution < 1.29 is 9.59 Å². The average molecular weight is 336 g/mol. The maximum Gasteiger partial charge on any atom is 0.253 e. The Bertz CT molecular complexity index is 747. The molecule has 0 heterocycles. The number of benzene rings is 2. The summed E-state index contributed by atoms with van der Waals surface area (Å²) in [5.74, 6) is -0.0807. The quantitative estimate of drug-likeness (QED) is 0.865. The molecule has 1 fully saturated rings. The molecule has 0 aliphatic heterocycles. The van der Waals surface area contributed by atoms with Gasteiger partial charge in [0.25, 0.3) is 5.91 Å². The number of hydrogen-bond donors (Lipinski definition) is 2. The Kier molecular flexibility index (Phi) is 5.49. The topological polar surface area (TPSA) is 58.2 Å². The van der Waals surface area contributed by atoms with Crippen LogP contribution in [0.5, 0.6) is 0 Å². The van der Waals surface area contributed by atoms with E-state index in [1.54, 1.807) is 12.1 Å². The molecule has 0 saturated heterocycles. The summed E-state index contributed by atoms with van der Waals surface area (Å²) in [7, 11) is 0. The normalized spacial score (nSPS) is 14.3. The summed E-state index contributed by atoms with van der Waals surface area (Å²) in [6, 6.07) is 15.2. The third-order valence-corrected chi connectivity index (χ3v) is 4.73. The number of carbonyl (C=O) groups excluding carboxylic acids is 2. The average Bonchev–Trinajstić information content (AvgIpc) is 3.16. The van der Waals surface area contributed by atoms with Gasteiger partial charge in [-0.1, -0.05) is 54.8 Å². The lowest BCUT2D eigenvalue weighted by atomic mass is 10.1. The molecule has 0 atom stereocenters. The van der Waals surface area contributed by atoms with Crippen molar-refractivity contribution in [2.45, 2.75) is 39.2 Å². The molecule has 0 aromatic heterocycles. The first kappa shape index (κ1) is 17.2. The van der Waals surface area contributed by atoms with E-state index in [1.807, 2.05) is 43.3 Å². The van der Waals surface area contributed by atoms with Gasteiger partial charge in [-0.3, -0.25) is 9.59 Å². The summed E-state index contributed by atoms with van der Waals surface area (Å²) in [5.41, 5.74) is 3.32. The van der Waals surface area contributed by atoms with Gasteiger partial charge in [-0.25, -0.2) is 0 Å². The van der Waals surface area contributed by atoms with Crippen LogP contribution in [-0.2, 0) is 11.3 Å². The molecular formula is C21H24N2O2. The van der Waals surface area contributed by atoms with Crippen molar-refractivity contribution in [2.75, 3.05) is 5.32 Å². The number of amides is 2. The highest BCUT2D eigenvalue weighted by atomic mass is 16.2. The highest BCUT2D eigenvalue weighted by Crippen LogP contribution is 2.26. The van der Waals surface area contributed by atoms with Crippen molar-refractivity contribution in [3.05, 3.63) is 65.2 Å². The van der Waals surface area contributed by atoms with Crippen LogP contribution in [0.25, 0.3) is 0 Å². The summed E-state index contributed by atoms with van der Waals surface area (Å²) in [5, 5.41) is 5.87. The van der Waals surface area contributed by atoms with Crippen LogP contribution >= 0.6 is 0 Å². The fourth-order valence-electron chi connectivity index (χ4n) is 3.20. The molecule has 3 rings (SSSR count). The molecule has 1 saturated carbocycles. The van der Waals surface area contributed by atoms with Crippen LogP contribution in [0, 0.1) is 12.8 Å². The Morgan fingerprint density at radius 3 is 2.40 bits per heavy atom. The van der Waals surface area contributed by atoms with E-state index in [1.165, 1.54) is 5.56 Å². The predicted molar refractivity (Wildman–Crippen MR) is 99.4 cm³/mol. The third kappa shape index (κ3) is 4.47. The van der Waals surface area contributed by atoms with Gasteiger partial charge in [0.15, 0.2) is 0 Å². The van der Waals surface area contributed by atoms with E-state index in [0.717, 1.165) is 31.2 Å². The fraction of sp³-hybridized carbons (Fsp3) is 0.333. The molecule has 2 N–H and O–H groups in total. The second kappa shape index (κ2) is 7.97. The summed E-state index contributed by atoms with van der Waals surface area (Å²) in [4.78, 5) is 24.9. The molecular weight excluding hydrogens is 312 g/mol. The maximum atomic E-state index is 12.5. The van der Waals surface area contributed by atoms with Crippen LogP contribution in [0.4, 0.5) is 5.69 Å². The van der Waals surface area contributed by atoms with Gasteiger partial charge in [0.2, 0.25) is 5.91 Å². The second-order valence-electron chi connectivity index (χ2n) is 6.68. The van der Waals surface area contributed by atoms with E-state index < -0.39 is 0 Å². The van der Waals surface area contributed by atoms with Gasteiger partial charge in [-0.05, 0) is 37.5 Å². The van der Waals surface area contributed by atoms with Crippen LogP contribution in [0.1, 0.15) is 47.2 Å². The molecule has 0 unspecified atom stereocenters. The van der Waals surface area contributed by atoms with Crippen molar-refractivity contribution in [3.8, 4) is 0 Å². The van der Waals surface area contributed by atoms with Gasteiger partial charge in [-0.15, -0.1) is 0 Å². The van der Waals surface area contributed by atoms with Crippen molar-refractivity contribution in [1.29, 1.82) is 0 Å². The maximum absolute atomic E-state index is 12.5. The minimum absolute atomic E-state index is 0.0243. The Morgan fingerprint density at radius 2 is 1.68 bits per heavy atom. The van der Waals surface area contributed by atoms with Crippen LogP contribution in [-0.4, -0.2) is 11.8 Å². The van der Waals surface area contributed by atoms with Crippen molar-refractivity contribution in [3.63, 3.8) is 0 Å². The highest BCUT2D eigenvalue weighted by Gasteiger charge is 2.23. The van der Waals surface area contributed by atoms with Gasteiger partial charge in [-0.2, -0.15) is 0 Å². The summed E-state index contributed by atoms with van der Waals surface area (Å²) >= 11 is 0. The predicted octanol–water partition coefficient (Wildman–Crippen LogP) is 4.05. The Hall–Kier alpha value is -2.62. The number of para-hydroxylation sites is 1. The highest BCUT2D eigenvalue weighted by molar-refractivity contribution is 6.04. The lowest BCUT2D eigenvalue weighted by Crippen LogP contribution is -2.26. The fourth-order valence-corrected chi connectivity index (χ4v) is 3.20. The molecule has 4 heteroatoms. The van der Waals surface area contributed by atoms with Crippen LogP contribution in [0.3, 0.4) is 0 Å². The van der Waals surface area contributed by atoms with Gasteiger partial charge >= 0.3 is 0 Å². The number of hydrogen-bond acceptors (Lipinski definition) is 2. The lowest BCUT2D eigenvalue weighted by Gasteiger charge is -2.14. The van der Waals surface area contributed by atoms with Gasteiger partial charge in [0.05, 0.1) is 11.3 Å². The minimum atomic E-state index is -0.178. The summed E-state index contributed by atoms with van der Waals surface area (Å²) < 4.78 is 0. The van der Waals surface area contributed by atoms with E-state index in [9.17, 15) is 9.59 Å². The second-order valence-corrected chi connectivity index (χ2v) is 6.68. The van der Waals surface area contributed by atoms with E-state index in [2.05, 4.69) is 10.6 Å². The molecule has 1 aliphatic rings. The first-order valence-corrected chi connectivity index (χ1v) is 8.87. The molecule has 25 heavy (non-hydrogen) atoms. The van der Waals surface area contributed by atoms with Crippen molar-refractivity contribution in [2.24, 2.45) is 5.92 Å². The first-order chi connectivity index (χ1) is 12.1. The monoisotopic (exact) mass is 336 g/mol. The Labute approximate surface area is 148 Å². The van der Waals surface area contributed by atoms with E-state index >= 15 is 0 Å². The molecule has 2 aromatic carbocycles. The molecule has 130 valence electrons. The first-order valence-electron chi connectivity index (χ1n) is 8.87. The molecule has 2 aromatic rings.